The average Bonchev–Trinajstić information content (AvgIpc) is 3.37. The molecular formula is C57H106O14. The highest BCUT2D eigenvalue weighted by Crippen LogP contribution is 2.27. The Bertz CT molecular complexity index is 1270. The van der Waals surface area contributed by atoms with Gasteiger partial charge in [-0.2, -0.15) is 0 Å². The fourth-order valence-electron chi connectivity index (χ4n) is 9.26. The zero-order valence-corrected chi connectivity index (χ0v) is 44.7. The van der Waals surface area contributed by atoms with Gasteiger partial charge in [-0.15, -0.1) is 0 Å². The molecule has 0 spiro atoms. The number of carbonyl (C=O) groups is 1. The summed E-state index contributed by atoms with van der Waals surface area (Å²) in [4.78, 5) is 13.1. The number of aliphatic hydroxyl groups is 7. The van der Waals surface area contributed by atoms with Gasteiger partial charge in [-0.1, -0.05) is 205 Å². The van der Waals surface area contributed by atoms with Crippen LogP contribution in [0.25, 0.3) is 0 Å². The standard InChI is InChI=1S/C57H106O14/c1-3-5-7-9-11-13-15-17-19-21-23-24-26-28-30-32-34-36-38-40-49(59)69-46(43-66-41-39-37-35-33-31-29-27-25-22-20-18-16-14-12-10-8-6-4-2)44-67-56-55(65)53(63)51(61)48(71-56)45-68-57-54(64)52(62)50(60)47(42-58)70-57/h11,13,17,19,46-48,50-58,60-65H,3-10,12,14-16,18,20-45H2,1-2H3/b13-11-,19-17-. The molecular weight excluding hydrogens is 909 g/mol. The molecule has 2 rings (SSSR count). The van der Waals surface area contributed by atoms with Gasteiger partial charge in [0, 0.05) is 13.0 Å². The Labute approximate surface area is 430 Å². The van der Waals surface area contributed by atoms with Crippen LogP contribution in [0.2, 0.25) is 0 Å². The Kier molecular flexibility index (Phi) is 41.3. The number of ether oxygens (including phenoxy) is 6. The molecule has 0 aromatic rings. The van der Waals surface area contributed by atoms with Crippen LogP contribution < -0.4 is 0 Å². The second-order valence-electron chi connectivity index (χ2n) is 20.5. The summed E-state index contributed by atoms with van der Waals surface area (Å²) in [5.74, 6) is -0.376. The molecule has 0 bridgehead atoms. The topological polar surface area (TPSA) is 214 Å². The molecule has 0 aromatic heterocycles. The lowest BCUT2D eigenvalue weighted by Gasteiger charge is -2.42. The highest BCUT2D eigenvalue weighted by Gasteiger charge is 2.47. The lowest BCUT2D eigenvalue weighted by Crippen LogP contribution is -2.61. The Hall–Kier alpha value is -1.53. The van der Waals surface area contributed by atoms with E-state index in [4.69, 9.17) is 28.4 Å². The zero-order valence-electron chi connectivity index (χ0n) is 44.7. The molecule has 7 N–H and O–H groups in total. The number of hydrogen-bond donors (Lipinski definition) is 7. The van der Waals surface area contributed by atoms with E-state index < -0.39 is 80.7 Å². The lowest BCUT2D eigenvalue weighted by molar-refractivity contribution is -0.332. The Morgan fingerprint density at radius 3 is 1.38 bits per heavy atom. The molecule has 0 amide bonds. The molecule has 2 heterocycles. The number of allylic oxidation sites excluding steroid dienone is 4. The van der Waals surface area contributed by atoms with Crippen molar-refractivity contribution in [1.82, 2.24) is 0 Å². The third-order valence-corrected chi connectivity index (χ3v) is 14.0. The van der Waals surface area contributed by atoms with Crippen LogP contribution in [-0.4, -0.2) is 142 Å². The molecule has 2 aliphatic rings. The van der Waals surface area contributed by atoms with E-state index in [-0.39, 0.29) is 25.6 Å². The first-order chi connectivity index (χ1) is 34.6. The number of unbranched alkanes of at least 4 members (excludes halogenated alkanes) is 29. The van der Waals surface area contributed by atoms with Gasteiger partial charge < -0.3 is 64.2 Å². The summed E-state index contributed by atoms with van der Waals surface area (Å²) in [5, 5.41) is 72.3. The second kappa shape index (κ2) is 44.7. The Morgan fingerprint density at radius 2 is 0.873 bits per heavy atom. The minimum Gasteiger partial charge on any atom is -0.457 e. The molecule has 11 unspecified atom stereocenters. The highest BCUT2D eigenvalue weighted by molar-refractivity contribution is 5.69. The van der Waals surface area contributed by atoms with Crippen molar-refractivity contribution in [1.29, 1.82) is 0 Å². The van der Waals surface area contributed by atoms with Crippen molar-refractivity contribution < 1.29 is 69.0 Å². The summed E-state index contributed by atoms with van der Waals surface area (Å²) in [6, 6.07) is 0. The number of hydrogen-bond acceptors (Lipinski definition) is 14. The molecule has 2 fully saturated rings. The second-order valence-corrected chi connectivity index (χ2v) is 20.5. The molecule has 11 atom stereocenters. The van der Waals surface area contributed by atoms with Crippen molar-refractivity contribution in [2.45, 2.75) is 300 Å². The maximum Gasteiger partial charge on any atom is 0.306 e. The minimum atomic E-state index is -1.70. The van der Waals surface area contributed by atoms with E-state index in [9.17, 15) is 40.5 Å². The SMILES string of the molecule is CCCCC/C=C\C/C=C\CCCCCCCCCCCC(=O)OC(COCCCCCCCCCCCCCCCCCCCC)COC1OC(COC2OC(CO)C(O)C(O)C2O)C(O)C(O)C1O. The van der Waals surface area contributed by atoms with E-state index in [2.05, 4.69) is 38.2 Å². The average molecular weight is 1020 g/mol. The van der Waals surface area contributed by atoms with Crippen LogP contribution in [0.15, 0.2) is 24.3 Å². The highest BCUT2D eigenvalue weighted by atomic mass is 16.7. The molecule has 2 aliphatic heterocycles. The van der Waals surface area contributed by atoms with Crippen molar-refractivity contribution in [3.8, 4) is 0 Å². The van der Waals surface area contributed by atoms with Gasteiger partial charge in [0.2, 0.25) is 0 Å². The van der Waals surface area contributed by atoms with E-state index in [1.807, 2.05) is 0 Å². The number of carbonyl (C=O) groups excluding carboxylic acids is 1. The molecule has 14 nitrogen and oxygen atoms in total. The predicted molar refractivity (Wildman–Crippen MR) is 280 cm³/mol. The first-order valence-corrected chi connectivity index (χ1v) is 28.9. The first kappa shape index (κ1) is 65.6. The maximum absolute atomic E-state index is 13.1. The Morgan fingerprint density at radius 1 is 0.465 bits per heavy atom. The fourth-order valence-corrected chi connectivity index (χ4v) is 9.26. The summed E-state index contributed by atoms with van der Waals surface area (Å²) >= 11 is 0. The van der Waals surface area contributed by atoms with Gasteiger partial charge in [0.05, 0.1) is 26.4 Å². The number of esters is 1. The van der Waals surface area contributed by atoms with Crippen LogP contribution in [0.4, 0.5) is 0 Å². The molecule has 0 saturated carbocycles. The quantitative estimate of drug-likeness (QED) is 0.0172. The zero-order chi connectivity index (χ0) is 51.6. The smallest absolute Gasteiger partial charge is 0.306 e. The monoisotopic (exact) mass is 1010 g/mol. The summed E-state index contributed by atoms with van der Waals surface area (Å²) < 4.78 is 34.4. The van der Waals surface area contributed by atoms with Crippen LogP contribution >= 0.6 is 0 Å². The summed E-state index contributed by atoms with van der Waals surface area (Å²) in [5.41, 5.74) is 0. The lowest BCUT2D eigenvalue weighted by atomic mass is 9.98. The fraction of sp³-hybridized carbons (Fsp3) is 0.912. The number of aliphatic hydroxyl groups excluding tert-OH is 7. The van der Waals surface area contributed by atoms with Crippen LogP contribution in [-0.2, 0) is 33.2 Å². The van der Waals surface area contributed by atoms with E-state index in [1.165, 1.54) is 154 Å². The summed E-state index contributed by atoms with van der Waals surface area (Å²) in [7, 11) is 0. The van der Waals surface area contributed by atoms with Gasteiger partial charge in [0.1, 0.15) is 54.9 Å². The van der Waals surface area contributed by atoms with Crippen LogP contribution in [0, 0.1) is 0 Å². The Balaban J connectivity index is 1.72. The first-order valence-electron chi connectivity index (χ1n) is 28.9. The molecule has 71 heavy (non-hydrogen) atoms. The van der Waals surface area contributed by atoms with Crippen molar-refractivity contribution in [3.63, 3.8) is 0 Å². The summed E-state index contributed by atoms with van der Waals surface area (Å²) in [6.07, 6.45) is 33.7. The van der Waals surface area contributed by atoms with Crippen molar-refractivity contribution >= 4 is 5.97 Å². The third-order valence-electron chi connectivity index (χ3n) is 14.0. The third kappa shape index (κ3) is 31.8. The van der Waals surface area contributed by atoms with Gasteiger partial charge >= 0.3 is 5.97 Å². The minimum absolute atomic E-state index is 0.0646. The van der Waals surface area contributed by atoms with Crippen molar-refractivity contribution in [3.05, 3.63) is 24.3 Å². The molecule has 14 heteroatoms. The maximum atomic E-state index is 13.1. The van der Waals surface area contributed by atoms with E-state index in [1.54, 1.807) is 0 Å². The predicted octanol–water partition coefficient (Wildman–Crippen LogP) is 9.97. The van der Waals surface area contributed by atoms with E-state index in [0.717, 1.165) is 51.4 Å². The molecule has 2 saturated heterocycles. The number of rotatable bonds is 47. The molecule has 0 radical (unpaired) electrons. The summed E-state index contributed by atoms with van der Waals surface area (Å²) in [6.45, 7) is 3.71. The van der Waals surface area contributed by atoms with Gasteiger partial charge in [-0.3, -0.25) is 4.79 Å². The molecule has 418 valence electrons. The van der Waals surface area contributed by atoms with Gasteiger partial charge in [0.15, 0.2) is 12.6 Å². The normalized spacial score (nSPS) is 25.4. The van der Waals surface area contributed by atoms with Gasteiger partial charge in [-0.25, -0.2) is 0 Å². The van der Waals surface area contributed by atoms with Crippen LogP contribution in [0.3, 0.4) is 0 Å². The largest absolute Gasteiger partial charge is 0.457 e. The molecule has 0 aliphatic carbocycles. The molecule has 0 aromatic carbocycles. The van der Waals surface area contributed by atoms with Crippen LogP contribution in [0.1, 0.15) is 232 Å². The van der Waals surface area contributed by atoms with Gasteiger partial charge in [0.25, 0.3) is 0 Å². The van der Waals surface area contributed by atoms with Gasteiger partial charge in [-0.05, 0) is 44.9 Å². The van der Waals surface area contributed by atoms with Crippen molar-refractivity contribution in [2.24, 2.45) is 0 Å². The van der Waals surface area contributed by atoms with E-state index >= 15 is 0 Å². The van der Waals surface area contributed by atoms with E-state index in [0.29, 0.717) is 13.0 Å². The van der Waals surface area contributed by atoms with Crippen molar-refractivity contribution in [2.75, 3.05) is 33.0 Å². The van der Waals surface area contributed by atoms with Crippen LogP contribution in [0.5, 0.6) is 0 Å².